The monoisotopic (exact) mass is 354 g/mol. The second-order valence-corrected chi connectivity index (χ2v) is 6.21. The second-order valence-electron chi connectivity index (χ2n) is 5.18. The van der Waals surface area contributed by atoms with Crippen molar-refractivity contribution in [1.82, 2.24) is 5.32 Å². The van der Waals surface area contributed by atoms with Gasteiger partial charge in [0, 0.05) is 0 Å². The smallest absolute Gasteiger partial charge is 0.264 e. The second kappa shape index (κ2) is 7.90. The molecule has 0 aliphatic carbocycles. The number of benzene rings is 2. The van der Waals surface area contributed by atoms with E-state index in [4.69, 9.17) is 9.47 Å². The molecule has 1 N–H and O–H groups in total. The van der Waals surface area contributed by atoms with Gasteiger partial charge in [0.25, 0.3) is 5.91 Å². The summed E-state index contributed by atoms with van der Waals surface area (Å²) >= 11 is 1.32. The van der Waals surface area contributed by atoms with Crippen molar-refractivity contribution < 1.29 is 14.3 Å². The topological polar surface area (TPSA) is 59.9 Å². The van der Waals surface area contributed by atoms with Crippen LogP contribution in [0, 0.1) is 0 Å². The average molecular weight is 354 g/mol. The van der Waals surface area contributed by atoms with E-state index < -0.39 is 0 Å². The maximum absolute atomic E-state index is 12.1. The van der Waals surface area contributed by atoms with E-state index in [1.165, 1.54) is 11.8 Å². The van der Waals surface area contributed by atoms with Crippen molar-refractivity contribution in [3.8, 4) is 11.5 Å². The highest BCUT2D eigenvalue weighted by atomic mass is 32.2. The number of rotatable bonds is 5. The van der Waals surface area contributed by atoms with Gasteiger partial charge in [0.05, 0.1) is 24.3 Å². The average Bonchev–Trinajstić information content (AvgIpc) is 2.97. The van der Waals surface area contributed by atoms with Crippen molar-refractivity contribution in [1.29, 1.82) is 0 Å². The molecule has 0 aromatic heterocycles. The molecule has 2 aromatic carbocycles. The quantitative estimate of drug-likeness (QED) is 0.825. The molecular weight excluding hydrogens is 336 g/mol. The highest BCUT2D eigenvalue weighted by Crippen LogP contribution is 2.29. The van der Waals surface area contributed by atoms with E-state index >= 15 is 0 Å². The first-order chi connectivity index (χ1) is 12.2. The molecule has 3 rings (SSSR count). The summed E-state index contributed by atoms with van der Waals surface area (Å²) in [6, 6.07) is 15.0. The molecule has 0 saturated carbocycles. The van der Waals surface area contributed by atoms with Crippen LogP contribution in [0.3, 0.4) is 0 Å². The number of nitrogens with zero attached hydrogens (tertiary/aromatic N) is 1. The summed E-state index contributed by atoms with van der Waals surface area (Å²) in [5.74, 6) is 1.43. The number of amidine groups is 1. The summed E-state index contributed by atoms with van der Waals surface area (Å²) in [6.45, 7) is 2.56. The molecule has 0 bridgehead atoms. The van der Waals surface area contributed by atoms with E-state index in [2.05, 4.69) is 10.3 Å². The lowest BCUT2D eigenvalue weighted by Gasteiger charge is -2.02. The van der Waals surface area contributed by atoms with Gasteiger partial charge < -0.3 is 14.8 Å². The molecular formula is C19H18N2O3S. The fraction of sp³-hybridized carbons (Fsp3) is 0.158. The Balaban J connectivity index is 1.73. The van der Waals surface area contributed by atoms with Gasteiger partial charge in [0.1, 0.15) is 11.5 Å². The van der Waals surface area contributed by atoms with Crippen LogP contribution in [0.2, 0.25) is 0 Å². The van der Waals surface area contributed by atoms with Crippen molar-refractivity contribution in [3.05, 3.63) is 59.0 Å². The molecule has 0 radical (unpaired) electrons. The van der Waals surface area contributed by atoms with Gasteiger partial charge in [-0.2, -0.15) is 0 Å². The first kappa shape index (κ1) is 17.1. The number of ether oxygens (including phenoxy) is 2. The molecule has 5 nitrogen and oxygen atoms in total. The Morgan fingerprint density at radius 1 is 1.08 bits per heavy atom. The number of carbonyl (C=O) groups is 1. The summed E-state index contributed by atoms with van der Waals surface area (Å²) in [5, 5.41) is 3.35. The number of methoxy groups -OCH3 is 1. The predicted molar refractivity (Wildman–Crippen MR) is 101 cm³/mol. The molecule has 1 amide bonds. The molecule has 0 unspecified atom stereocenters. The zero-order valence-corrected chi connectivity index (χ0v) is 14.8. The molecule has 1 fully saturated rings. The molecule has 6 heteroatoms. The molecule has 0 atom stereocenters. The number of aliphatic imine (C=N–C) groups is 1. The standard InChI is InChI=1S/C19H18N2O3S/c1-3-24-16-10-6-14(7-11-16)20-19-21-18(22)17(25-19)12-13-4-8-15(23-2)9-5-13/h4-12H,3H2,1-2H3,(H,20,21,22). The minimum Gasteiger partial charge on any atom is -0.497 e. The highest BCUT2D eigenvalue weighted by molar-refractivity contribution is 8.18. The predicted octanol–water partition coefficient (Wildman–Crippen LogP) is 3.99. The third-order valence-corrected chi connectivity index (χ3v) is 4.35. The van der Waals surface area contributed by atoms with Crippen molar-refractivity contribution >= 4 is 34.6 Å². The lowest BCUT2D eigenvalue weighted by molar-refractivity contribution is -0.115. The van der Waals surface area contributed by atoms with Gasteiger partial charge in [-0.05, 0) is 66.7 Å². The van der Waals surface area contributed by atoms with E-state index in [9.17, 15) is 4.79 Å². The number of hydrogen-bond donors (Lipinski definition) is 1. The first-order valence-electron chi connectivity index (χ1n) is 7.84. The van der Waals surface area contributed by atoms with Gasteiger partial charge in [0.2, 0.25) is 0 Å². The van der Waals surface area contributed by atoms with E-state index in [-0.39, 0.29) is 5.91 Å². The Morgan fingerprint density at radius 3 is 2.40 bits per heavy atom. The molecule has 2 aromatic rings. The maximum atomic E-state index is 12.1. The fourth-order valence-corrected chi connectivity index (χ4v) is 3.07. The van der Waals surface area contributed by atoms with Crippen LogP contribution in [0.1, 0.15) is 12.5 Å². The Hall–Kier alpha value is -2.73. The Labute approximate surface area is 150 Å². The summed E-state index contributed by atoms with van der Waals surface area (Å²) < 4.78 is 10.5. The summed E-state index contributed by atoms with van der Waals surface area (Å²) in [5.41, 5.74) is 1.69. The number of carbonyl (C=O) groups excluding carboxylic acids is 1. The minimum absolute atomic E-state index is 0.148. The van der Waals surface area contributed by atoms with Crippen molar-refractivity contribution in [2.75, 3.05) is 13.7 Å². The summed E-state index contributed by atoms with van der Waals surface area (Å²) in [7, 11) is 1.62. The van der Waals surface area contributed by atoms with Gasteiger partial charge in [-0.15, -0.1) is 0 Å². The molecule has 25 heavy (non-hydrogen) atoms. The number of thioether (sulfide) groups is 1. The number of nitrogens with one attached hydrogen (secondary N) is 1. The van der Waals surface area contributed by atoms with Gasteiger partial charge >= 0.3 is 0 Å². The van der Waals surface area contributed by atoms with Crippen molar-refractivity contribution in [3.63, 3.8) is 0 Å². The third-order valence-electron chi connectivity index (χ3n) is 3.44. The van der Waals surface area contributed by atoms with E-state index in [0.29, 0.717) is 16.7 Å². The third kappa shape index (κ3) is 4.42. The lowest BCUT2D eigenvalue weighted by Crippen LogP contribution is -2.19. The van der Waals surface area contributed by atoms with E-state index in [1.54, 1.807) is 7.11 Å². The molecule has 1 heterocycles. The summed E-state index contributed by atoms with van der Waals surface area (Å²) in [6.07, 6.45) is 1.83. The lowest BCUT2D eigenvalue weighted by atomic mass is 10.2. The Bertz CT molecular complexity index is 812. The van der Waals surface area contributed by atoms with E-state index in [1.807, 2.05) is 61.5 Å². The Morgan fingerprint density at radius 2 is 1.76 bits per heavy atom. The van der Waals surface area contributed by atoms with Crippen LogP contribution < -0.4 is 14.8 Å². The molecule has 1 aliphatic rings. The molecule has 128 valence electrons. The molecule has 1 aliphatic heterocycles. The van der Waals surface area contributed by atoms with Gasteiger partial charge in [-0.25, -0.2) is 4.99 Å². The van der Waals surface area contributed by atoms with E-state index in [0.717, 1.165) is 22.7 Å². The number of hydrogen-bond acceptors (Lipinski definition) is 5. The minimum atomic E-state index is -0.148. The highest BCUT2D eigenvalue weighted by Gasteiger charge is 2.23. The van der Waals surface area contributed by atoms with Crippen molar-refractivity contribution in [2.45, 2.75) is 6.92 Å². The zero-order chi connectivity index (χ0) is 17.6. The van der Waals surface area contributed by atoms with Crippen LogP contribution >= 0.6 is 11.8 Å². The van der Waals surface area contributed by atoms with Gasteiger partial charge in [0.15, 0.2) is 5.17 Å². The number of amides is 1. The molecule has 0 spiro atoms. The SMILES string of the molecule is CCOc1ccc(N=C2NC(=O)C(=Cc3ccc(OC)cc3)S2)cc1. The van der Waals surface area contributed by atoms with Crippen LogP contribution in [-0.2, 0) is 4.79 Å². The first-order valence-corrected chi connectivity index (χ1v) is 8.66. The van der Waals surface area contributed by atoms with Crippen LogP contribution in [0.4, 0.5) is 5.69 Å². The van der Waals surface area contributed by atoms with Crippen LogP contribution in [-0.4, -0.2) is 24.8 Å². The summed E-state index contributed by atoms with van der Waals surface area (Å²) in [4.78, 5) is 17.2. The van der Waals surface area contributed by atoms with Crippen LogP contribution in [0.15, 0.2) is 58.4 Å². The van der Waals surface area contributed by atoms with Crippen molar-refractivity contribution in [2.24, 2.45) is 4.99 Å². The fourth-order valence-electron chi connectivity index (χ4n) is 2.23. The largest absolute Gasteiger partial charge is 0.497 e. The van der Waals surface area contributed by atoms with Gasteiger partial charge in [-0.3, -0.25) is 4.79 Å². The Kier molecular flexibility index (Phi) is 5.40. The maximum Gasteiger partial charge on any atom is 0.264 e. The molecule has 1 saturated heterocycles. The zero-order valence-electron chi connectivity index (χ0n) is 14.0. The van der Waals surface area contributed by atoms with Gasteiger partial charge in [-0.1, -0.05) is 12.1 Å². The normalized spacial score (nSPS) is 17.0. The van der Waals surface area contributed by atoms with Crippen LogP contribution in [0.25, 0.3) is 6.08 Å². The van der Waals surface area contributed by atoms with Crippen LogP contribution in [0.5, 0.6) is 11.5 Å².